The van der Waals surface area contributed by atoms with Gasteiger partial charge < -0.3 is 17.0 Å². The Bertz CT molecular complexity index is 531. The molecule has 0 atom stereocenters. The predicted octanol–water partition coefficient (Wildman–Crippen LogP) is 0.193. The van der Waals surface area contributed by atoms with E-state index in [9.17, 15) is 0 Å². The summed E-state index contributed by atoms with van der Waals surface area (Å²) in [6, 6.07) is 10.8. The van der Waals surface area contributed by atoms with Gasteiger partial charge in [-0.3, -0.25) is 0 Å². The summed E-state index contributed by atoms with van der Waals surface area (Å²) < 4.78 is 4.98. The fourth-order valence-electron chi connectivity index (χ4n) is 2.87. The van der Waals surface area contributed by atoms with Crippen molar-refractivity contribution in [3.8, 4) is 11.3 Å². The summed E-state index contributed by atoms with van der Waals surface area (Å²) >= 11 is 0. The van der Waals surface area contributed by atoms with Crippen LogP contribution in [-0.2, 0) is 19.5 Å². The third-order valence-corrected chi connectivity index (χ3v) is 3.82. The maximum atomic E-state index is 2.50. The third kappa shape index (κ3) is 2.76. The van der Waals surface area contributed by atoms with Crippen molar-refractivity contribution in [1.82, 2.24) is 4.57 Å². The summed E-state index contributed by atoms with van der Waals surface area (Å²) in [7, 11) is 0. The number of nitrogens with zero attached hydrogens (tertiary/aromatic N) is 2. The Labute approximate surface area is 125 Å². The molecule has 0 amide bonds. The van der Waals surface area contributed by atoms with Gasteiger partial charge in [0.2, 0.25) is 0 Å². The van der Waals surface area contributed by atoms with Crippen molar-refractivity contribution >= 4 is 0 Å². The van der Waals surface area contributed by atoms with Crippen LogP contribution in [0.4, 0.5) is 0 Å². The topological polar surface area (TPSA) is 8.81 Å². The third-order valence-electron chi connectivity index (χ3n) is 3.82. The number of halogens is 1. The zero-order chi connectivity index (χ0) is 12.4. The van der Waals surface area contributed by atoms with E-state index in [-0.39, 0.29) is 17.0 Å². The van der Waals surface area contributed by atoms with E-state index in [4.69, 9.17) is 0 Å². The molecule has 0 saturated carbocycles. The summed E-state index contributed by atoms with van der Waals surface area (Å²) in [5, 5.41) is 0. The van der Waals surface area contributed by atoms with Crippen LogP contribution in [0.15, 0.2) is 36.5 Å². The molecule has 102 valence electrons. The van der Waals surface area contributed by atoms with Crippen molar-refractivity contribution in [3.63, 3.8) is 0 Å². The van der Waals surface area contributed by atoms with Gasteiger partial charge in [-0.05, 0) is 12.8 Å². The molecule has 1 aliphatic rings. The first-order chi connectivity index (χ1) is 8.90. The Morgan fingerprint density at radius 3 is 2.74 bits per heavy atom. The Hall–Kier alpha value is -1.09. The smallest absolute Gasteiger partial charge is 0.257 e. The highest BCUT2D eigenvalue weighted by atomic mass is 79.9. The van der Waals surface area contributed by atoms with E-state index >= 15 is 0 Å². The number of aromatic nitrogens is 2. The largest absolute Gasteiger partial charge is 1.00 e. The number of fused-ring (bicyclic) bond motifs is 1. The molecular formula is C16H21BrN2. The molecule has 2 nitrogen and oxygen atoms in total. The van der Waals surface area contributed by atoms with Crippen LogP contribution in [0.3, 0.4) is 0 Å². The lowest BCUT2D eigenvalue weighted by atomic mass is 10.2. The van der Waals surface area contributed by atoms with E-state index in [0.29, 0.717) is 0 Å². The molecule has 3 rings (SSSR count). The monoisotopic (exact) mass is 320 g/mol. The van der Waals surface area contributed by atoms with Crippen LogP contribution >= 0.6 is 0 Å². The zero-order valence-corrected chi connectivity index (χ0v) is 13.1. The van der Waals surface area contributed by atoms with Gasteiger partial charge in [0.25, 0.3) is 5.82 Å². The van der Waals surface area contributed by atoms with Crippen LogP contribution in [-0.4, -0.2) is 4.57 Å². The molecule has 0 aliphatic carbocycles. The van der Waals surface area contributed by atoms with E-state index in [2.05, 4.69) is 52.6 Å². The highest BCUT2D eigenvalue weighted by Gasteiger charge is 2.27. The highest BCUT2D eigenvalue weighted by Crippen LogP contribution is 2.24. The molecule has 2 heterocycles. The van der Waals surface area contributed by atoms with E-state index in [1.54, 1.807) is 0 Å². The Balaban J connectivity index is 0.00000133. The first-order valence-electron chi connectivity index (χ1n) is 7.07. The molecule has 19 heavy (non-hydrogen) atoms. The molecule has 0 N–H and O–H groups in total. The summed E-state index contributed by atoms with van der Waals surface area (Å²) in [6.45, 7) is 4.60. The lowest BCUT2D eigenvalue weighted by Gasteiger charge is -1.97. The van der Waals surface area contributed by atoms with Crippen LogP contribution in [0, 0.1) is 0 Å². The first-order valence-corrected chi connectivity index (χ1v) is 7.07. The average molecular weight is 321 g/mol. The van der Waals surface area contributed by atoms with E-state index < -0.39 is 0 Å². The standard InChI is InChI=1S/C16H21N2.BrH/c1-2-3-11-17-13-15(14-8-5-4-6-9-14)18-12-7-10-16(17)18;/h4-6,8-9,13H,2-3,7,10-12H2,1H3;1H/q+1;/p-1. The molecule has 0 fully saturated rings. The molecule has 1 aromatic heterocycles. The van der Waals surface area contributed by atoms with Gasteiger partial charge in [-0.1, -0.05) is 43.7 Å². The number of hydrogen-bond acceptors (Lipinski definition) is 0. The van der Waals surface area contributed by atoms with Gasteiger partial charge in [0.05, 0.1) is 19.5 Å². The summed E-state index contributed by atoms with van der Waals surface area (Å²) in [4.78, 5) is 0. The van der Waals surface area contributed by atoms with Gasteiger partial charge >= 0.3 is 0 Å². The molecule has 0 bridgehead atoms. The first kappa shape index (κ1) is 14.3. The molecule has 3 heteroatoms. The predicted molar refractivity (Wildman–Crippen MR) is 73.3 cm³/mol. The van der Waals surface area contributed by atoms with Gasteiger partial charge in [-0.2, -0.15) is 0 Å². The van der Waals surface area contributed by atoms with Gasteiger partial charge in [-0.15, -0.1) is 0 Å². The van der Waals surface area contributed by atoms with Crippen molar-refractivity contribution in [3.05, 3.63) is 42.4 Å². The Kier molecular flexibility index (Phi) is 4.81. The lowest BCUT2D eigenvalue weighted by Crippen LogP contribution is -3.00. The molecule has 1 aromatic carbocycles. The highest BCUT2D eigenvalue weighted by molar-refractivity contribution is 5.58. The van der Waals surface area contributed by atoms with Crippen LogP contribution in [0.5, 0.6) is 0 Å². The average Bonchev–Trinajstić information content (AvgIpc) is 3.00. The van der Waals surface area contributed by atoms with E-state index in [1.165, 1.54) is 55.9 Å². The molecule has 0 spiro atoms. The van der Waals surface area contributed by atoms with Gasteiger partial charge in [0, 0.05) is 5.56 Å². The summed E-state index contributed by atoms with van der Waals surface area (Å²) in [6.07, 6.45) is 7.41. The van der Waals surface area contributed by atoms with Gasteiger partial charge in [0.1, 0.15) is 6.20 Å². The SMILES string of the molecule is CCCC[n+]1cc(-c2ccccc2)n2c1CCC2.[Br-]. The maximum absolute atomic E-state index is 2.50. The van der Waals surface area contributed by atoms with Crippen LogP contribution in [0.25, 0.3) is 11.3 Å². The van der Waals surface area contributed by atoms with E-state index in [0.717, 1.165) is 0 Å². The number of aryl methyl sites for hydroxylation is 1. The Morgan fingerprint density at radius 2 is 2.00 bits per heavy atom. The second-order valence-electron chi connectivity index (χ2n) is 5.10. The number of hydrogen-bond donors (Lipinski definition) is 0. The molecule has 1 aliphatic heterocycles. The quantitative estimate of drug-likeness (QED) is 0.711. The van der Waals surface area contributed by atoms with Crippen LogP contribution in [0.1, 0.15) is 32.0 Å². The van der Waals surface area contributed by atoms with Crippen LogP contribution < -0.4 is 21.5 Å². The molecule has 2 aromatic rings. The van der Waals surface area contributed by atoms with Crippen LogP contribution in [0.2, 0.25) is 0 Å². The number of benzene rings is 1. The summed E-state index contributed by atoms with van der Waals surface area (Å²) in [5.74, 6) is 1.52. The Morgan fingerprint density at radius 1 is 1.21 bits per heavy atom. The van der Waals surface area contributed by atoms with Crippen molar-refractivity contribution in [2.45, 2.75) is 45.7 Å². The van der Waals surface area contributed by atoms with Crippen molar-refractivity contribution in [2.24, 2.45) is 0 Å². The second-order valence-corrected chi connectivity index (χ2v) is 5.10. The lowest BCUT2D eigenvalue weighted by molar-refractivity contribution is -0.703. The van der Waals surface area contributed by atoms with E-state index in [1.807, 2.05) is 0 Å². The minimum absolute atomic E-state index is 0. The van der Waals surface area contributed by atoms with Crippen molar-refractivity contribution in [2.75, 3.05) is 0 Å². The fourth-order valence-corrected chi connectivity index (χ4v) is 2.87. The minimum atomic E-state index is 0. The van der Waals surface area contributed by atoms with Crippen molar-refractivity contribution in [1.29, 1.82) is 0 Å². The molecule has 0 saturated heterocycles. The minimum Gasteiger partial charge on any atom is -1.00 e. The molecule has 0 radical (unpaired) electrons. The van der Waals surface area contributed by atoms with Crippen molar-refractivity contribution < 1.29 is 21.5 Å². The second kappa shape index (κ2) is 6.38. The normalized spacial score (nSPS) is 13.1. The van der Waals surface area contributed by atoms with Gasteiger partial charge in [-0.25, -0.2) is 9.13 Å². The number of rotatable bonds is 4. The van der Waals surface area contributed by atoms with Gasteiger partial charge in [0.15, 0.2) is 5.69 Å². The summed E-state index contributed by atoms with van der Waals surface area (Å²) in [5.41, 5.74) is 2.73. The fraction of sp³-hybridized carbons (Fsp3) is 0.438. The zero-order valence-electron chi connectivity index (χ0n) is 11.5. The number of unbranched alkanes of at least 4 members (excludes halogenated alkanes) is 1. The maximum Gasteiger partial charge on any atom is 0.257 e. The molecule has 0 unspecified atom stereocenters. The molecular weight excluding hydrogens is 300 g/mol. The number of imidazole rings is 1.